The molecule has 2 aromatic rings. The maximum absolute atomic E-state index is 13.8. The minimum atomic E-state index is -0.709. The lowest BCUT2D eigenvalue weighted by molar-refractivity contribution is 0.0899. The second-order valence-corrected chi connectivity index (χ2v) is 5.93. The van der Waals surface area contributed by atoms with Gasteiger partial charge in [-0.15, -0.1) is 0 Å². The maximum Gasteiger partial charge on any atom is 0.256 e. The summed E-state index contributed by atoms with van der Waals surface area (Å²) in [5.74, 6) is -2.89. The van der Waals surface area contributed by atoms with Crippen LogP contribution < -0.4 is 5.32 Å². The molecule has 6 heteroatoms. The molecule has 2 nitrogen and oxygen atoms in total. The Morgan fingerprint density at radius 1 is 1.09 bits per heavy atom. The van der Waals surface area contributed by atoms with Crippen molar-refractivity contribution in [2.24, 2.45) is 0 Å². The molecular formula is C17H13ClF3NO. The molecular weight excluding hydrogens is 327 g/mol. The van der Waals surface area contributed by atoms with Gasteiger partial charge in [0.15, 0.2) is 0 Å². The van der Waals surface area contributed by atoms with E-state index in [4.69, 9.17) is 11.6 Å². The van der Waals surface area contributed by atoms with Gasteiger partial charge in [0.05, 0.1) is 10.6 Å². The van der Waals surface area contributed by atoms with Crippen LogP contribution in [0, 0.1) is 17.5 Å². The van der Waals surface area contributed by atoms with E-state index in [0.29, 0.717) is 18.4 Å². The third-order valence-corrected chi connectivity index (χ3v) is 4.46. The van der Waals surface area contributed by atoms with Crippen LogP contribution in [0.2, 0.25) is 5.02 Å². The van der Waals surface area contributed by atoms with Gasteiger partial charge in [-0.25, -0.2) is 13.2 Å². The zero-order chi connectivity index (χ0) is 16.6. The number of benzene rings is 2. The van der Waals surface area contributed by atoms with Crippen LogP contribution in [0.4, 0.5) is 13.2 Å². The van der Waals surface area contributed by atoms with E-state index in [1.54, 1.807) is 0 Å². The summed E-state index contributed by atoms with van der Waals surface area (Å²) < 4.78 is 40.6. The molecule has 1 aliphatic carbocycles. The van der Waals surface area contributed by atoms with Crippen molar-refractivity contribution in [3.8, 4) is 0 Å². The van der Waals surface area contributed by atoms with E-state index >= 15 is 0 Å². The Bertz CT molecular complexity index is 745. The van der Waals surface area contributed by atoms with Gasteiger partial charge in [-0.05, 0) is 36.6 Å². The molecule has 1 aliphatic rings. The quantitative estimate of drug-likeness (QED) is 0.880. The van der Waals surface area contributed by atoms with Crippen molar-refractivity contribution in [3.05, 3.63) is 70.0 Å². The van der Waals surface area contributed by atoms with E-state index in [-0.39, 0.29) is 22.5 Å². The Morgan fingerprint density at radius 3 is 2.48 bits per heavy atom. The van der Waals surface area contributed by atoms with Gasteiger partial charge in [0.2, 0.25) is 0 Å². The van der Waals surface area contributed by atoms with Crippen molar-refractivity contribution in [1.29, 1.82) is 0 Å². The highest BCUT2D eigenvalue weighted by Gasteiger charge is 2.35. The van der Waals surface area contributed by atoms with E-state index in [9.17, 15) is 18.0 Å². The monoisotopic (exact) mass is 339 g/mol. The maximum atomic E-state index is 13.8. The van der Waals surface area contributed by atoms with E-state index in [1.807, 2.05) is 0 Å². The average molecular weight is 340 g/mol. The number of amides is 1. The molecule has 2 aromatic carbocycles. The molecule has 1 fully saturated rings. The first kappa shape index (κ1) is 15.9. The standard InChI is InChI=1S/C17H13ClF3NO/c18-12-2-1-3-13(20)16(12)17(23)22-15-7-6-11(15)10-5-4-9(19)8-14(10)21/h1-5,8,11,15H,6-7H2,(H,22,23)/t11-,15-/m0/s1. The van der Waals surface area contributed by atoms with Crippen LogP contribution in [0.25, 0.3) is 0 Å². The van der Waals surface area contributed by atoms with Crippen molar-refractivity contribution in [2.45, 2.75) is 24.8 Å². The summed E-state index contributed by atoms with van der Waals surface area (Å²) in [7, 11) is 0. The fraction of sp³-hybridized carbons (Fsp3) is 0.235. The van der Waals surface area contributed by atoms with E-state index in [2.05, 4.69) is 5.32 Å². The summed E-state index contributed by atoms with van der Waals surface area (Å²) >= 11 is 5.86. The van der Waals surface area contributed by atoms with Gasteiger partial charge >= 0.3 is 0 Å². The summed E-state index contributed by atoms with van der Waals surface area (Å²) in [4.78, 5) is 12.2. The lowest BCUT2D eigenvalue weighted by atomic mass is 9.74. The van der Waals surface area contributed by atoms with Crippen LogP contribution >= 0.6 is 11.6 Å². The summed E-state index contributed by atoms with van der Waals surface area (Å²) in [5, 5.41) is 2.70. The normalized spacial score (nSPS) is 20.0. The van der Waals surface area contributed by atoms with Gasteiger partial charge in [-0.3, -0.25) is 4.79 Å². The highest BCUT2D eigenvalue weighted by Crippen LogP contribution is 2.38. The Hall–Kier alpha value is -2.01. The largest absolute Gasteiger partial charge is 0.349 e. The summed E-state index contributed by atoms with van der Waals surface area (Å²) in [6.45, 7) is 0. The number of hydrogen-bond acceptors (Lipinski definition) is 1. The van der Waals surface area contributed by atoms with E-state index < -0.39 is 23.4 Å². The summed E-state index contributed by atoms with van der Waals surface area (Å²) in [5.41, 5.74) is 0.127. The molecule has 0 aliphatic heterocycles. The highest BCUT2D eigenvalue weighted by molar-refractivity contribution is 6.33. The fourth-order valence-corrected chi connectivity index (χ4v) is 3.05. The van der Waals surface area contributed by atoms with Gasteiger partial charge in [0, 0.05) is 18.0 Å². The molecule has 0 saturated heterocycles. The van der Waals surface area contributed by atoms with E-state index in [1.165, 1.54) is 24.3 Å². The Kier molecular flexibility index (Phi) is 4.31. The number of hydrogen-bond donors (Lipinski definition) is 1. The van der Waals surface area contributed by atoms with Crippen LogP contribution in [-0.2, 0) is 0 Å². The summed E-state index contributed by atoms with van der Waals surface area (Å²) in [6.07, 6.45) is 1.30. The number of halogens is 4. The second-order valence-electron chi connectivity index (χ2n) is 5.53. The zero-order valence-electron chi connectivity index (χ0n) is 12.0. The highest BCUT2D eigenvalue weighted by atomic mass is 35.5. The Balaban J connectivity index is 1.77. The van der Waals surface area contributed by atoms with Crippen LogP contribution in [0.1, 0.15) is 34.7 Å². The first-order valence-electron chi connectivity index (χ1n) is 7.17. The van der Waals surface area contributed by atoms with Crippen molar-refractivity contribution < 1.29 is 18.0 Å². The predicted octanol–water partition coefficient (Wildman–Crippen LogP) is 4.43. The van der Waals surface area contributed by atoms with Crippen LogP contribution in [0.5, 0.6) is 0 Å². The molecule has 0 heterocycles. The number of carbonyl (C=O) groups is 1. The molecule has 0 aromatic heterocycles. The van der Waals surface area contributed by atoms with Crippen LogP contribution in [-0.4, -0.2) is 11.9 Å². The molecule has 1 N–H and O–H groups in total. The SMILES string of the molecule is O=C(N[C@H]1CC[C@H]1c1ccc(F)cc1F)c1c(F)cccc1Cl. The molecule has 0 bridgehead atoms. The second kappa shape index (κ2) is 6.24. The van der Waals surface area contributed by atoms with Crippen molar-refractivity contribution >= 4 is 17.5 Å². The molecule has 23 heavy (non-hydrogen) atoms. The number of rotatable bonds is 3. The molecule has 2 atom stereocenters. The first-order valence-corrected chi connectivity index (χ1v) is 7.55. The molecule has 1 amide bonds. The van der Waals surface area contributed by atoms with Gasteiger partial charge in [0.25, 0.3) is 5.91 Å². The minimum Gasteiger partial charge on any atom is -0.349 e. The minimum absolute atomic E-state index is 0.0198. The van der Waals surface area contributed by atoms with E-state index in [0.717, 1.165) is 12.1 Å². The van der Waals surface area contributed by atoms with Gasteiger partial charge < -0.3 is 5.32 Å². The molecule has 0 unspecified atom stereocenters. The number of nitrogens with one attached hydrogen (secondary N) is 1. The van der Waals surface area contributed by atoms with Gasteiger partial charge in [-0.1, -0.05) is 23.7 Å². The molecule has 0 spiro atoms. The van der Waals surface area contributed by atoms with Crippen molar-refractivity contribution in [2.75, 3.05) is 0 Å². The smallest absolute Gasteiger partial charge is 0.256 e. The predicted molar refractivity (Wildman–Crippen MR) is 81.0 cm³/mol. The molecule has 3 rings (SSSR count). The number of carbonyl (C=O) groups excluding carboxylic acids is 1. The molecule has 0 radical (unpaired) electrons. The summed E-state index contributed by atoms with van der Waals surface area (Å²) in [6, 6.07) is 7.04. The van der Waals surface area contributed by atoms with Crippen molar-refractivity contribution in [1.82, 2.24) is 5.32 Å². The molecule has 1 saturated carbocycles. The average Bonchev–Trinajstić information content (AvgIpc) is 2.46. The van der Waals surface area contributed by atoms with Crippen LogP contribution in [0.3, 0.4) is 0 Å². The van der Waals surface area contributed by atoms with Crippen molar-refractivity contribution in [3.63, 3.8) is 0 Å². The van der Waals surface area contributed by atoms with Gasteiger partial charge in [0.1, 0.15) is 17.5 Å². The first-order chi connectivity index (χ1) is 11.0. The zero-order valence-corrected chi connectivity index (χ0v) is 12.7. The third kappa shape index (κ3) is 3.06. The lowest BCUT2D eigenvalue weighted by Crippen LogP contribution is -2.46. The topological polar surface area (TPSA) is 29.1 Å². The van der Waals surface area contributed by atoms with Gasteiger partial charge in [-0.2, -0.15) is 0 Å². The Labute approximate surface area is 136 Å². The lowest BCUT2D eigenvalue weighted by Gasteiger charge is -2.37. The Morgan fingerprint density at radius 2 is 1.87 bits per heavy atom. The fourth-order valence-electron chi connectivity index (χ4n) is 2.80. The third-order valence-electron chi connectivity index (χ3n) is 4.14. The molecule has 120 valence electrons. The van der Waals surface area contributed by atoms with Crippen LogP contribution in [0.15, 0.2) is 36.4 Å².